The third kappa shape index (κ3) is 5.38. The smallest absolute Gasteiger partial charge is 0.0642 e. The van der Waals surface area contributed by atoms with E-state index in [9.17, 15) is 0 Å². The van der Waals surface area contributed by atoms with E-state index in [-0.39, 0.29) is 0 Å². The summed E-state index contributed by atoms with van der Waals surface area (Å²) in [4.78, 5) is 5.01. The van der Waals surface area contributed by atoms with Gasteiger partial charge >= 0.3 is 0 Å². The van der Waals surface area contributed by atoms with Crippen molar-refractivity contribution < 1.29 is 4.74 Å². The fourth-order valence-electron chi connectivity index (χ4n) is 5.03. The van der Waals surface area contributed by atoms with Crippen LogP contribution in [0.25, 0.3) is 5.57 Å². The van der Waals surface area contributed by atoms with Crippen LogP contribution < -0.4 is 9.80 Å². The van der Waals surface area contributed by atoms with E-state index in [0.717, 1.165) is 52.2 Å². The number of anilines is 2. The van der Waals surface area contributed by atoms with Crippen molar-refractivity contribution in [3.8, 4) is 0 Å². The van der Waals surface area contributed by atoms with Gasteiger partial charge in [-0.05, 0) is 91.5 Å². The third-order valence-electron chi connectivity index (χ3n) is 7.59. The molecule has 2 aliphatic heterocycles. The van der Waals surface area contributed by atoms with Crippen LogP contribution in [0.4, 0.5) is 11.4 Å². The summed E-state index contributed by atoms with van der Waals surface area (Å²) >= 11 is 0. The molecule has 4 rings (SSSR count). The molecule has 0 saturated carbocycles. The highest BCUT2D eigenvalue weighted by atomic mass is 16.5. The van der Waals surface area contributed by atoms with Crippen LogP contribution in [0.1, 0.15) is 56.7 Å². The van der Waals surface area contributed by atoms with Crippen molar-refractivity contribution in [1.29, 1.82) is 0 Å². The Bertz CT molecular complexity index is 917. The molecule has 0 N–H and O–H groups in total. The zero-order chi connectivity index (χ0) is 22.6. The first-order chi connectivity index (χ1) is 15.5. The quantitative estimate of drug-likeness (QED) is 0.518. The molecule has 3 heteroatoms. The number of allylic oxidation sites excluding steroid dienone is 2. The van der Waals surface area contributed by atoms with Crippen LogP contribution in [0, 0.1) is 12.3 Å². The molecule has 0 radical (unpaired) electrons. The largest absolute Gasteiger partial charge is 0.378 e. The number of piperidine rings is 1. The van der Waals surface area contributed by atoms with Crippen molar-refractivity contribution in [2.45, 2.75) is 53.4 Å². The lowest BCUT2D eigenvalue weighted by molar-refractivity contribution is 0.122. The molecule has 2 aromatic rings. The SMILES string of the molecule is CCc1ccc(N2CCC(C)(C/C=C(\C)c3ccc(N4CCOCC4)c(C)c3)CC2)cc1. The van der Waals surface area contributed by atoms with Gasteiger partial charge in [0.1, 0.15) is 0 Å². The zero-order valence-electron chi connectivity index (χ0n) is 20.5. The van der Waals surface area contributed by atoms with Crippen molar-refractivity contribution in [3.05, 3.63) is 65.2 Å². The van der Waals surface area contributed by atoms with Crippen molar-refractivity contribution in [2.75, 3.05) is 49.2 Å². The molecule has 3 nitrogen and oxygen atoms in total. The third-order valence-corrected chi connectivity index (χ3v) is 7.59. The van der Waals surface area contributed by atoms with E-state index in [1.54, 1.807) is 0 Å². The first-order valence-electron chi connectivity index (χ1n) is 12.4. The van der Waals surface area contributed by atoms with Gasteiger partial charge in [-0.3, -0.25) is 0 Å². The molecule has 172 valence electrons. The van der Waals surface area contributed by atoms with Crippen LogP contribution >= 0.6 is 0 Å². The number of hydrogen-bond acceptors (Lipinski definition) is 3. The van der Waals surface area contributed by atoms with Crippen molar-refractivity contribution in [2.24, 2.45) is 5.41 Å². The molecular weight excluding hydrogens is 392 g/mol. The van der Waals surface area contributed by atoms with Crippen LogP contribution in [0.15, 0.2) is 48.5 Å². The summed E-state index contributed by atoms with van der Waals surface area (Å²) in [6.45, 7) is 15.2. The van der Waals surface area contributed by atoms with Crippen molar-refractivity contribution in [3.63, 3.8) is 0 Å². The monoisotopic (exact) mass is 432 g/mol. The molecule has 2 aromatic carbocycles. The van der Waals surface area contributed by atoms with Gasteiger partial charge in [-0.1, -0.05) is 38.1 Å². The van der Waals surface area contributed by atoms with Crippen LogP contribution in [0.3, 0.4) is 0 Å². The maximum absolute atomic E-state index is 5.51. The van der Waals surface area contributed by atoms with Gasteiger partial charge in [-0.2, -0.15) is 0 Å². The van der Waals surface area contributed by atoms with E-state index in [0.29, 0.717) is 5.41 Å². The Balaban J connectivity index is 1.35. The lowest BCUT2D eigenvalue weighted by atomic mass is 9.77. The summed E-state index contributed by atoms with van der Waals surface area (Å²) in [5.41, 5.74) is 8.68. The topological polar surface area (TPSA) is 15.7 Å². The Morgan fingerprint density at radius 1 is 0.969 bits per heavy atom. The molecule has 0 amide bonds. The first-order valence-corrected chi connectivity index (χ1v) is 12.4. The summed E-state index contributed by atoms with van der Waals surface area (Å²) in [5.74, 6) is 0. The molecule has 0 aliphatic carbocycles. The molecule has 0 atom stereocenters. The van der Waals surface area contributed by atoms with Crippen LogP contribution in [0.2, 0.25) is 0 Å². The lowest BCUT2D eigenvalue weighted by Gasteiger charge is -2.40. The Morgan fingerprint density at radius 3 is 2.28 bits per heavy atom. The number of benzene rings is 2. The highest BCUT2D eigenvalue weighted by Crippen LogP contribution is 2.37. The number of rotatable bonds is 6. The van der Waals surface area contributed by atoms with Crippen molar-refractivity contribution >= 4 is 16.9 Å². The number of nitrogens with zero attached hydrogens (tertiary/aromatic N) is 2. The van der Waals surface area contributed by atoms with Gasteiger partial charge in [0, 0.05) is 37.6 Å². The first kappa shape index (κ1) is 22.9. The minimum atomic E-state index is 0.393. The number of morpholine rings is 1. The fourth-order valence-corrected chi connectivity index (χ4v) is 5.03. The predicted molar refractivity (Wildman–Crippen MR) is 138 cm³/mol. The van der Waals surface area contributed by atoms with Crippen LogP contribution in [-0.4, -0.2) is 39.4 Å². The van der Waals surface area contributed by atoms with E-state index in [1.807, 2.05) is 0 Å². The standard InChI is InChI=1S/C29H40N2O/c1-5-25-6-9-27(10-7-25)30-16-14-29(4,15-17-30)13-12-23(2)26-8-11-28(24(3)22-26)31-18-20-32-21-19-31/h6-12,22H,5,13-21H2,1-4H3/b23-12+. The van der Waals surface area contributed by atoms with Gasteiger partial charge in [0.15, 0.2) is 0 Å². The Labute approximate surface area is 195 Å². The number of aryl methyl sites for hydroxylation is 2. The van der Waals surface area contributed by atoms with Crippen LogP contribution in [-0.2, 0) is 11.2 Å². The van der Waals surface area contributed by atoms with Crippen LogP contribution in [0.5, 0.6) is 0 Å². The summed E-state index contributed by atoms with van der Waals surface area (Å²) in [5, 5.41) is 0. The minimum Gasteiger partial charge on any atom is -0.378 e. The van der Waals surface area contributed by atoms with E-state index < -0.39 is 0 Å². The van der Waals surface area contributed by atoms with Gasteiger partial charge < -0.3 is 14.5 Å². The number of hydrogen-bond donors (Lipinski definition) is 0. The molecule has 0 unspecified atom stereocenters. The molecule has 0 bridgehead atoms. The molecule has 2 fully saturated rings. The summed E-state index contributed by atoms with van der Waals surface area (Å²) in [6.07, 6.45) is 7.25. The van der Waals surface area contributed by atoms with E-state index in [2.05, 4.69) is 86.0 Å². The molecule has 2 aliphatic rings. The lowest BCUT2D eigenvalue weighted by Crippen LogP contribution is -2.38. The summed E-state index contributed by atoms with van der Waals surface area (Å²) in [7, 11) is 0. The number of ether oxygens (including phenoxy) is 1. The van der Waals surface area contributed by atoms with Gasteiger partial charge in [0.2, 0.25) is 0 Å². The van der Waals surface area contributed by atoms with Gasteiger partial charge in [-0.15, -0.1) is 0 Å². The molecule has 2 saturated heterocycles. The van der Waals surface area contributed by atoms with Gasteiger partial charge in [0.25, 0.3) is 0 Å². The predicted octanol–water partition coefficient (Wildman–Crippen LogP) is 6.49. The average Bonchev–Trinajstić information content (AvgIpc) is 2.84. The van der Waals surface area contributed by atoms with Gasteiger partial charge in [0.05, 0.1) is 13.2 Å². The van der Waals surface area contributed by atoms with Gasteiger partial charge in [-0.25, -0.2) is 0 Å². The van der Waals surface area contributed by atoms with E-state index in [4.69, 9.17) is 4.74 Å². The normalized spacial score (nSPS) is 19.3. The fraction of sp³-hybridized carbons (Fsp3) is 0.517. The minimum absolute atomic E-state index is 0.393. The second-order valence-corrected chi connectivity index (χ2v) is 10.0. The average molecular weight is 433 g/mol. The molecule has 32 heavy (non-hydrogen) atoms. The Morgan fingerprint density at radius 2 is 1.66 bits per heavy atom. The Hall–Kier alpha value is -2.26. The maximum Gasteiger partial charge on any atom is 0.0642 e. The second-order valence-electron chi connectivity index (χ2n) is 10.0. The van der Waals surface area contributed by atoms with E-state index in [1.165, 1.54) is 46.5 Å². The molecule has 0 spiro atoms. The Kier molecular flexibility index (Phi) is 7.25. The van der Waals surface area contributed by atoms with Crippen molar-refractivity contribution in [1.82, 2.24) is 0 Å². The highest BCUT2D eigenvalue weighted by molar-refractivity contribution is 5.68. The zero-order valence-corrected chi connectivity index (χ0v) is 20.5. The van der Waals surface area contributed by atoms with E-state index >= 15 is 0 Å². The maximum atomic E-state index is 5.51. The second kappa shape index (κ2) is 10.1. The molecule has 2 heterocycles. The molecule has 0 aromatic heterocycles. The summed E-state index contributed by atoms with van der Waals surface area (Å²) in [6, 6.07) is 16.1. The highest BCUT2D eigenvalue weighted by Gasteiger charge is 2.29. The molecular formula is C29H40N2O. The summed E-state index contributed by atoms with van der Waals surface area (Å²) < 4.78 is 5.51.